The van der Waals surface area contributed by atoms with Crippen LogP contribution in [0.1, 0.15) is 6.42 Å². The summed E-state index contributed by atoms with van der Waals surface area (Å²) in [5, 5.41) is 0. The van der Waals surface area contributed by atoms with Gasteiger partial charge in [0.15, 0.2) is 0 Å². The topological polar surface area (TPSA) is 34.7 Å². The van der Waals surface area contributed by atoms with Gasteiger partial charge in [0.25, 0.3) is 0 Å². The molecule has 7 heavy (non-hydrogen) atoms. The van der Waals surface area contributed by atoms with Crippen LogP contribution < -0.4 is 0 Å². The Morgan fingerprint density at radius 2 is 1.86 bits per heavy atom. The van der Waals surface area contributed by atoms with Crippen molar-refractivity contribution in [3.8, 4) is 0 Å². The molecule has 0 aromatic rings. The Balaban J connectivity index is 0. The van der Waals surface area contributed by atoms with E-state index in [1.54, 1.807) is 0 Å². The van der Waals surface area contributed by atoms with Crippen LogP contribution >= 0.6 is 0 Å². The van der Waals surface area contributed by atoms with E-state index in [2.05, 4.69) is 18.5 Å². The number of likely N-dealkylation sites (tertiary alicyclic amines) is 1. The largest absolute Gasteiger partial charge is 0.461 e. The quantitative estimate of drug-likeness (QED) is 0.466. The second kappa shape index (κ2) is 5.17. The van der Waals surface area contributed by atoms with E-state index in [0.29, 0.717) is 0 Å². The van der Waals surface area contributed by atoms with Crippen molar-refractivity contribution in [2.24, 2.45) is 0 Å². The maximum absolute atomic E-state index is 2.18. The van der Waals surface area contributed by atoms with E-state index in [-0.39, 0.29) is 38.2 Å². The predicted octanol–water partition coefficient (Wildman–Crippen LogP) is -0.344. The van der Waals surface area contributed by atoms with Gasteiger partial charge >= 0.3 is 0 Å². The Labute approximate surface area is 69.5 Å². The number of hydrogen-bond acceptors (Lipinski definition) is 1. The third-order valence-corrected chi connectivity index (χ3v) is 0.923. The van der Waals surface area contributed by atoms with Crippen molar-refractivity contribution in [1.29, 1.82) is 0 Å². The summed E-state index contributed by atoms with van der Waals surface area (Å²) < 4.78 is 0. The van der Waals surface area contributed by atoms with Crippen LogP contribution in [0.25, 0.3) is 0 Å². The van der Waals surface area contributed by atoms with Crippen LogP contribution in [-0.2, 0) is 32.7 Å². The van der Waals surface area contributed by atoms with E-state index in [1.165, 1.54) is 13.0 Å². The molecule has 1 aliphatic heterocycles. The summed E-state index contributed by atoms with van der Waals surface area (Å²) in [6, 6.07) is 0. The molecule has 0 atom stereocenters. The summed E-state index contributed by atoms with van der Waals surface area (Å²) in [5.74, 6) is 0. The van der Waals surface area contributed by atoms with Gasteiger partial charge in [0.1, 0.15) is 0 Å². The molecular formula is C4H10NOY-. The zero-order chi connectivity index (χ0) is 3.70. The third kappa shape index (κ3) is 3.59. The third-order valence-electron chi connectivity index (χ3n) is 0.923. The molecule has 0 aliphatic carbocycles. The Morgan fingerprint density at radius 1 is 1.57 bits per heavy atom. The Hall–Kier alpha value is 1.02. The minimum Gasteiger partial charge on any atom is -0.461 e. The van der Waals surface area contributed by atoms with Gasteiger partial charge in [-0.3, -0.25) is 6.54 Å². The standard InChI is InChI=1S/C4H8N.H2O.Y/c1-5-3-2-4-5;;/h3H,2,4H2,1H3;1H2;/q-1;;. The zero-order valence-corrected chi connectivity index (χ0v) is 7.35. The molecule has 0 aromatic carbocycles. The first-order valence-corrected chi connectivity index (χ1v) is 1.93. The van der Waals surface area contributed by atoms with Gasteiger partial charge in [0, 0.05) is 32.7 Å². The smallest absolute Gasteiger partial charge is 0 e. The zero-order valence-electron chi connectivity index (χ0n) is 4.52. The summed E-state index contributed by atoms with van der Waals surface area (Å²) in [6.45, 7) is 3.44. The van der Waals surface area contributed by atoms with Gasteiger partial charge in [-0.2, -0.15) is 6.42 Å². The molecule has 2 nitrogen and oxygen atoms in total. The van der Waals surface area contributed by atoms with Crippen LogP contribution in [0.15, 0.2) is 0 Å². The predicted molar refractivity (Wildman–Crippen MR) is 25.2 cm³/mol. The van der Waals surface area contributed by atoms with Gasteiger partial charge in [-0.25, -0.2) is 0 Å². The van der Waals surface area contributed by atoms with Crippen molar-refractivity contribution >= 4 is 0 Å². The first kappa shape index (κ1) is 10.9. The molecule has 0 amide bonds. The first-order chi connectivity index (χ1) is 2.39. The summed E-state index contributed by atoms with van der Waals surface area (Å²) in [5.41, 5.74) is 0. The van der Waals surface area contributed by atoms with Crippen molar-refractivity contribution in [3.63, 3.8) is 0 Å². The van der Waals surface area contributed by atoms with Gasteiger partial charge in [-0.15, -0.1) is 0 Å². The molecule has 1 radical (unpaired) electrons. The molecule has 1 fully saturated rings. The van der Waals surface area contributed by atoms with E-state index in [0.717, 1.165) is 0 Å². The average Bonchev–Trinajstić information content (AvgIpc) is 1.30. The molecule has 1 aliphatic rings. The van der Waals surface area contributed by atoms with E-state index < -0.39 is 0 Å². The van der Waals surface area contributed by atoms with Gasteiger partial charge in [-0.1, -0.05) is 6.54 Å². The summed E-state index contributed by atoms with van der Waals surface area (Å²) in [6.07, 6.45) is 1.29. The Kier molecular flexibility index (Phi) is 8.05. The molecule has 41 valence electrons. The van der Waals surface area contributed by atoms with Crippen LogP contribution in [0, 0.1) is 6.54 Å². The fourth-order valence-corrected chi connectivity index (χ4v) is 0.387. The molecule has 0 spiro atoms. The van der Waals surface area contributed by atoms with Crippen LogP contribution in [0.3, 0.4) is 0 Å². The van der Waals surface area contributed by atoms with Crippen LogP contribution in [0.5, 0.6) is 0 Å². The molecule has 2 N–H and O–H groups in total. The van der Waals surface area contributed by atoms with Crippen molar-refractivity contribution in [1.82, 2.24) is 4.90 Å². The number of nitrogens with zero attached hydrogens (tertiary/aromatic N) is 1. The molecule has 1 rings (SSSR count). The molecule has 3 heteroatoms. The molecular weight excluding hydrogens is 167 g/mol. The summed E-state index contributed by atoms with van der Waals surface area (Å²) >= 11 is 0. The fraction of sp³-hybridized carbons (Fsp3) is 0.750. The van der Waals surface area contributed by atoms with E-state index in [1.807, 2.05) is 0 Å². The van der Waals surface area contributed by atoms with Crippen LogP contribution in [0.2, 0.25) is 0 Å². The second-order valence-electron chi connectivity index (χ2n) is 1.45. The molecule has 1 saturated heterocycles. The summed E-state index contributed by atoms with van der Waals surface area (Å²) in [7, 11) is 2.09. The molecule has 0 aromatic heterocycles. The fourth-order valence-electron chi connectivity index (χ4n) is 0.387. The van der Waals surface area contributed by atoms with Crippen LogP contribution in [-0.4, -0.2) is 24.0 Å². The Bertz CT molecular complexity index is 38.7. The van der Waals surface area contributed by atoms with Crippen molar-refractivity contribution < 1.29 is 38.2 Å². The van der Waals surface area contributed by atoms with Gasteiger partial charge in [-0.05, 0) is 7.05 Å². The number of rotatable bonds is 0. The second-order valence-corrected chi connectivity index (χ2v) is 1.45. The van der Waals surface area contributed by atoms with E-state index in [9.17, 15) is 0 Å². The Morgan fingerprint density at radius 3 is 1.86 bits per heavy atom. The molecule has 1 heterocycles. The number of hydrogen-bond donors (Lipinski definition) is 0. The van der Waals surface area contributed by atoms with Gasteiger partial charge in [0.05, 0.1) is 0 Å². The van der Waals surface area contributed by atoms with Crippen molar-refractivity contribution in [2.45, 2.75) is 6.42 Å². The van der Waals surface area contributed by atoms with Gasteiger partial charge in [0.2, 0.25) is 0 Å². The first-order valence-electron chi connectivity index (χ1n) is 1.93. The minimum absolute atomic E-state index is 0. The van der Waals surface area contributed by atoms with Crippen LogP contribution in [0.4, 0.5) is 0 Å². The average molecular weight is 177 g/mol. The maximum Gasteiger partial charge on any atom is 0 e. The monoisotopic (exact) mass is 177 g/mol. The molecule has 0 bridgehead atoms. The SMILES string of the molecule is CN1[CH-]CC1.O.[Y]. The van der Waals surface area contributed by atoms with Crippen molar-refractivity contribution in [2.75, 3.05) is 13.6 Å². The molecule has 0 unspecified atom stereocenters. The normalized spacial score (nSPS) is 18.4. The summed E-state index contributed by atoms with van der Waals surface area (Å²) in [4.78, 5) is 2.18. The van der Waals surface area contributed by atoms with E-state index >= 15 is 0 Å². The van der Waals surface area contributed by atoms with Gasteiger partial charge < -0.3 is 10.4 Å². The van der Waals surface area contributed by atoms with Crippen molar-refractivity contribution in [3.05, 3.63) is 6.54 Å². The maximum atomic E-state index is 2.18. The molecule has 0 saturated carbocycles. The minimum atomic E-state index is 0. The van der Waals surface area contributed by atoms with E-state index in [4.69, 9.17) is 0 Å².